The van der Waals surface area contributed by atoms with E-state index in [1.807, 2.05) is 24.3 Å². The molecule has 0 radical (unpaired) electrons. The number of pyridine rings is 2. The van der Waals surface area contributed by atoms with Gasteiger partial charge >= 0.3 is 12.3 Å². The summed E-state index contributed by atoms with van der Waals surface area (Å²) >= 11 is 0. The fourth-order valence-corrected chi connectivity index (χ4v) is 5.31. The Bertz CT molecular complexity index is 1570. The zero-order chi connectivity index (χ0) is 28.1. The van der Waals surface area contributed by atoms with Gasteiger partial charge in [0.1, 0.15) is 23.0 Å². The van der Waals surface area contributed by atoms with E-state index < -0.39 is 24.4 Å². The van der Waals surface area contributed by atoms with E-state index in [1.165, 1.54) is 27.6 Å². The first-order chi connectivity index (χ1) is 19.1. The quantitative estimate of drug-likeness (QED) is 0.346. The van der Waals surface area contributed by atoms with E-state index in [2.05, 4.69) is 22.4 Å². The van der Waals surface area contributed by atoms with Gasteiger partial charge in [-0.1, -0.05) is 31.2 Å². The number of carboxylic acid groups (broad SMARTS) is 1. The van der Waals surface area contributed by atoms with E-state index >= 15 is 0 Å². The number of likely N-dealkylation sites (tertiary alicyclic amines) is 1. The Kier molecular flexibility index (Phi) is 6.50. The number of ether oxygens (including phenoxy) is 2. The van der Waals surface area contributed by atoms with E-state index in [1.54, 1.807) is 6.07 Å². The van der Waals surface area contributed by atoms with Gasteiger partial charge in [-0.3, -0.25) is 9.30 Å². The van der Waals surface area contributed by atoms with E-state index in [0.29, 0.717) is 48.3 Å². The molecule has 40 heavy (non-hydrogen) atoms. The number of rotatable bonds is 7. The maximum atomic E-state index is 14.3. The monoisotopic (exact) mass is 556 g/mol. The average Bonchev–Trinajstić information content (AvgIpc) is 3.51. The first-order valence-corrected chi connectivity index (χ1v) is 12.9. The molecule has 0 saturated carbocycles. The maximum Gasteiger partial charge on any atom is 0.408 e. The number of hydrogen-bond donors (Lipinski definition) is 2. The lowest BCUT2D eigenvalue weighted by molar-refractivity contribution is -0.184. The molecule has 6 rings (SSSR count). The van der Waals surface area contributed by atoms with Crippen molar-refractivity contribution in [3.8, 4) is 17.3 Å². The largest absolute Gasteiger partial charge is 0.491 e. The number of carbonyl (C=O) groups is 1. The molecule has 210 valence electrons. The number of nitrogens with one attached hydrogen (secondary N) is 1. The van der Waals surface area contributed by atoms with E-state index in [4.69, 9.17) is 19.6 Å². The molecule has 4 aromatic rings. The summed E-state index contributed by atoms with van der Waals surface area (Å²) < 4.78 is 56.0. The Labute approximate surface area is 226 Å². The van der Waals surface area contributed by atoms with Crippen molar-refractivity contribution >= 4 is 22.6 Å². The minimum Gasteiger partial charge on any atom is -0.491 e. The molecule has 5 heterocycles. The number of aromatic nitrogens is 4. The Morgan fingerprint density at radius 2 is 2.05 bits per heavy atom. The highest BCUT2D eigenvalue weighted by Gasteiger charge is 2.47. The molecule has 0 bridgehead atoms. The lowest BCUT2D eigenvalue weighted by Crippen LogP contribution is -2.44. The summed E-state index contributed by atoms with van der Waals surface area (Å²) in [7, 11) is 0. The van der Waals surface area contributed by atoms with Crippen LogP contribution in [0.4, 0.5) is 18.0 Å². The molecule has 1 amide bonds. The van der Waals surface area contributed by atoms with Gasteiger partial charge in [0, 0.05) is 36.1 Å². The van der Waals surface area contributed by atoms with Gasteiger partial charge in [-0.05, 0) is 30.2 Å². The molecule has 0 aliphatic carbocycles. The first kappa shape index (κ1) is 26.3. The van der Waals surface area contributed by atoms with Gasteiger partial charge in [-0.2, -0.15) is 13.2 Å². The molecule has 2 aliphatic rings. The number of halogens is 3. The second-order valence-electron chi connectivity index (χ2n) is 10.7. The van der Waals surface area contributed by atoms with Crippen LogP contribution in [0.25, 0.3) is 28.1 Å². The Morgan fingerprint density at radius 1 is 1.23 bits per heavy atom. The standard InChI is InChI=1S/C27H27F3N6O4/c1-26(13-39-14-26)15-40-20-4-2-3-16-5-7-19(32-22(16)20)24-34-33-21-8-6-17(11-36(21)24)23(27(28,29)30)35-10-9-18(12-35)31-25(37)38/h2-8,11,18,23,31H,9-10,12-15H2,1H3,(H,37,38)/t18?,23-/m1/s1. The van der Waals surface area contributed by atoms with Crippen molar-refractivity contribution in [1.82, 2.24) is 29.8 Å². The summed E-state index contributed by atoms with van der Waals surface area (Å²) in [5, 5.41) is 20.5. The molecule has 2 aliphatic heterocycles. The third-order valence-electron chi connectivity index (χ3n) is 7.35. The molecule has 0 spiro atoms. The molecule has 1 unspecified atom stereocenters. The molecule has 2 saturated heterocycles. The van der Waals surface area contributed by atoms with Crippen molar-refractivity contribution in [2.24, 2.45) is 5.41 Å². The number of hydrogen-bond acceptors (Lipinski definition) is 7. The van der Waals surface area contributed by atoms with Crippen LogP contribution in [0.2, 0.25) is 0 Å². The van der Waals surface area contributed by atoms with Crippen molar-refractivity contribution < 1.29 is 32.5 Å². The zero-order valence-corrected chi connectivity index (χ0v) is 21.6. The van der Waals surface area contributed by atoms with Gasteiger partial charge in [0.15, 0.2) is 11.5 Å². The van der Waals surface area contributed by atoms with Gasteiger partial charge in [0.2, 0.25) is 0 Å². The number of fused-ring (bicyclic) bond motifs is 2. The maximum absolute atomic E-state index is 14.3. The fourth-order valence-electron chi connectivity index (χ4n) is 5.31. The summed E-state index contributed by atoms with van der Waals surface area (Å²) in [5.41, 5.74) is 1.35. The van der Waals surface area contributed by atoms with Crippen LogP contribution in [0.3, 0.4) is 0 Å². The third kappa shape index (κ3) is 5.02. The zero-order valence-electron chi connectivity index (χ0n) is 21.6. The minimum atomic E-state index is -4.59. The lowest BCUT2D eigenvalue weighted by Gasteiger charge is -2.37. The average molecular weight is 557 g/mol. The normalized spacial score (nSPS) is 19.9. The summed E-state index contributed by atoms with van der Waals surface area (Å²) in [6.45, 7) is 3.84. The van der Waals surface area contributed by atoms with Gasteiger partial charge < -0.3 is 19.9 Å². The number of alkyl halides is 3. The molecule has 2 N–H and O–H groups in total. The van der Waals surface area contributed by atoms with Crippen LogP contribution in [0.5, 0.6) is 5.75 Å². The predicted octanol–water partition coefficient (Wildman–Crippen LogP) is 4.31. The highest BCUT2D eigenvalue weighted by molar-refractivity contribution is 5.86. The van der Waals surface area contributed by atoms with Crippen LogP contribution < -0.4 is 10.1 Å². The van der Waals surface area contributed by atoms with Crippen LogP contribution in [0, 0.1) is 5.41 Å². The summed E-state index contributed by atoms with van der Waals surface area (Å²) in [4.78, 5) is 17.0. The molecule has 10 nitrogen and oxygen atoms in total. The molecular formula is C27H27F3N6O4. The van der Waals surface area contributed by atoms with Crippen molar-refractivity contribution in [3.63, 3.8) is 0 Å². The molecule has 2 atom stereocenters. The van der Waals surface area contributed by atoms with Gasteiger partial charge in [0.05, 0.1) is 19.8 Å². The fraction of sp³-hybridized carbons (Fsp3) is 0.407. The SMILES string of the molecule is CC1(COc2cccc3ccc(-c4nnc5ccc([C@@H](N6CCC(NC(=O)O)C6)C(F)(F)F)cn45)nc23)COC1. The topological polar surface area (TPSA) is 114 Å². The van der Waals surface area contributed by atoms with Crippen LogP contribution in [0.15, 0.2) is 48.7 Å². The molecular weight excluding hydrogens is 529 g/mol. The Balaban J connectivity index is 1.34. The Morgan fingerprint density at radius 3 is 2.77 bits per heavy atom. The molecule has 13 heteroatoms. The second kappa shape index (κ2) is 9.89. The van der Waals surface area contributed by atoms with Crippen LogP contribution >= 0.6 is 0 Å². The smallest absolute Gasteiger partial charge is 0.408 e. The summed E-state index contributed by atoms with van der Waals surface area (Å²) in [5.74, 6) is 0.887. The van der Waals surface area contributed by atoms with Gasteiger partial charge in [-0.15, -0.1) is 10.2 Å². The number of amides is 1. The van der Waals surface area contributed by atoms with Crippen LogP contribution in [0.1, 0.15) is 24.9 Å². The van der Waals surface area contributed by atoms with Gasteiger partial charge in [-0.25, -0.2) is 9.78 Å². The first-order valence-electron chi connectivity index (χ1n) is 12.9. The van der Waals surface area contributed by atoms with E-state index in [9.17, 15) is 18.0 Å². The number of para-hydroxylation sites is 1. The second-order valence-corrected chi connectivity index (χ2v) is 10.7. The van der Waals surface area contributed by atoms with E-state index in [-0.39, 0.29) is 30.5 Å². The summed E-state index contributed by atoms with van der Waals surface area (Å²) in [6.07, 6.45) is -4.17. The van der Waals surface area contributed by atoms with E-state index in [0.717, 1.165) is 5.39 Å². The lowest BCUT2D eigenvalue weighted by atomic mass is 9.90. The van der Waals surface area contributed by atoms with Crippen molar-refractivity contribution in [1.29, 1.82) is 0 Å². The Hall–Kier alpha value is -3.97. The highest BCUT2D eigenvalue weighted by atomic mass is 19.4. The van der Waals surface area contributed by atoms with Crippen molar-refractivity contribution in [3.05, 3.63) is 54.2 Å². The summed E-state index contributed by atoms with van der Waals surface area (Å²) in [6, 6.07) is 9.61. The van der Waals surface area contributed by atoms with Gasteiger partial charge in [0.25, 0.3) is 0 Å². The predicted molar refractivity (Wildman–Crippen MR) is 138 cm³/mol. The van der Waals surface area contributed by atoms with Crippen molar-refractivity contribution in [2.45, 2.75) is 31.6 Å². The minimum absolute atomic E-state index is 0.00204. The van der Waals surface area contributed by atoms with Crippen molar-refractivity contribution in [2.75, 3.05) is 32.9 Å². The number of benzene rings is 1. The molecule has 1 aromatic carbocycles. The van der Waals surface area contributed by atoms with Crippen LogP contribution in [-0.4, -0.2) is 80.8 Å². The van der Waals surface area contributed by atoms with Crippen LogP contribution in [-0.2, 0) is 4.74 Å². The molecule has 3 aromatic heterocycles. The highest BCUT2D eigenvalue weighted by Crippen LogP contribution is 2.40. The molecule has 2 fully saturated rings. The number of nitrogens with zero attached hydrogens (tertiary/aromatic N) is 5. The third-order valence-corrected chi connectivity index (χ3v) is 7.35.